The van der Waals surface area contributed by atoms with E-state index in [2.05, 4.69) is 6.92 Å². The summed E-state index contributed by atoms with van der Waals surface area (Å²) >= 11 is 5.98. The van der Waals surface area contributed by atoms with Crippen molar-refractivity contribution in [2.24, 2.45) is 11.1 Å². The Morgan fingerprint density at radius 3 is 2.80 bits per heavy atom. The van der Waals surface area contributed by atoms with Gasteiger partial charge in [0.1, 0.15) is 0 Å². The summed E-state index contributed by atoms with van der Waals surface area (Å²) < 4.78 is 0. The predicted octanol–water partition coefficient (Wildman–Crippen LogP) is 3.06. The molecule has 1 saturated heterocycles. The van der Waals surface area contributed by atoms with Gasteiger partial charge in [-0.3, -0.25) is 4.79 Å². The molecule has 1 aromatic rings. The molecular weight excluding hydrogens is 295 g/mol. The van der Waals surface area contributed by atoms with Crippen molar-refractivity contribution in [3.63, 3.8) is 0 Å². The minimum Gasteiger partial charge on any atom is -0.342 e. The number of hydrogen-bond acceptors (Lipinski definition) is 2. The van der Waals surface area contributed by atoms with E-state index in [1.807, 2.05) is 36.1 Å². The Morgan fingerprint density at radius 1 is 1.55 bits per heavy atom. The van der Waals surface area contributed by atoms with Gasteiger partial charge in [-0.15, -0.1) is 12.4 Å². The van der Waals surface area contributed by atoms with Gasteiger partial charge in [0.2, 0.25) is 5.91 Å². The van der Waals surface area contributed by atoms with Gasteiger partial charge < -0.3 is 10.6 Å². The maximum absolute atomic E-state index is 12.5. The van der Waals surface area contributed by atoms with E-state index in [1.165, 1.54) is 0 Å². The van der Waals surface area contributed by atoms with E-state index in [1.54, 1.807) is 0 Å². The molecule has 112 valence electrons. The third-order valence-corrected chi connectivity index (χ3v) is 4.32. The van der Waals surface area contributed by atoms with Crippen LogP contribution in [-0.2, 0) is 4.79 Å². The second-order valence-corrected chi connectivity index (χ2v) is 6.24. The van der Waals surface area contributed by atoms with Crippen LogP contribution in [0.3, 0.4) is 0 Å². The average molecular weight is 317 g/mol. The molecule has 1 aliphatic rings. The highest BCUT2D eigenvalue weighted by Crippen LogP contribution is 2.31. The molecule has 20 heavy (non-hydrogen) atoms. The molecule has 0 aromatic heterocycles. The van der Waals surface area contributed by atoms with Crippen molar-refractivity contribution in [2.75, 3.05) is 19.6 Å². The van der Waals surface area contributed by atoms with Crippen molar-refractivity contribution >= 4 is 29.9 Å². The number of nitrogens with two attached hydrogens (primary N) is 1. The maximum Gasteiger partial charge on any atom is 0.229 e. The smallest absolute Gasteiger partial charge is 0.229 e. The number of likely N-dealkylation sites (tertiary alicyclic amines) is 1. The Balaban J connectivity index is 0.00000200. The van der Waals surface area contributed by atoms with E-state index >= 15 is 0 Å². The van der Waals surface area contributed by atoms with Crippen molar-refractivity contribution in [3.8, 4) is 0 Å². The first-order chi connectivity index (χ1) is 8.95. The summed E-state index contributed by atoms with van der Waals surface area (Å²) in [5, 5.41) is 0.672. The average Bonchev–Trinajstić information content (AvgIpc) is 2.80. The molecule has 2 atom stereocenters. The lowest BCUT2D eigenvalue weighted by atomic mass is 9.90. The molecule has 0 radical (unpaired) electrons. The lowest BCUT2D eigenvalue weighted by Gasteiger charge is -2.25. The first-order valence-electron chi connectivity index (χ1n) is 6.69. The van der Waals surface area contributed by atoms with Crippen LogP contribution in [0.1, 0.15) is 31.7 Å². The fourth-order valence-electron chi connectivity index (χ4n) is 2.57. The van der Waals surface area contributed by atoms with Gasteiger partial charge in [0.05, 0.1) is 5.92 Å². The largest absolute Gasteiger partial charge is 0.342 e. The van der Waals surface area contributed by atoms with E-state index < -0.39 is 0 Å². The van der Waals surface area contributed by atoms with Crippen molar-refractivity contribution in [2.45, 2.75) is 26.2 Å². The zero-order valence-electron chi connectivity index (χ0n) is 11.9. The Hall–Kier alpha value is -0.770. The van der Waals surface area contributed by atoms with Crippen LogP contribution < -0.4 is 5.73 Å². The van der Waals surface area contributed by atoms with E-state index in [4.69, 9.17) is 17.3 Å². The van der Waals surface area contributed by atoms with Crippen LogP contribution in [0.4, 0.5) is 0 Å². The SMILES string of the molecule is CC(C(=O)N1CCC(C)(CN)C1)c1cccc(Cl)c1.Cl. The van der Waals surface area contributed by atoms with Gasteiger partial charge in [0, 0.05) is 18.1 Å². The van der Waals surface area contributed by atoms with Crippen LogP contribution in [-0.4, -0.2) is 30.4 Å². The third-order valence-electron chi connectivity index (χ3n) is 4.08. The number of hydrogen-bond donors (Lipinski definition) is 1. The van der Waals surface area contributed by atoms with E-state index in [9.17, 15) is 4.79 Å². The summed E-state index contributed by atoms with van der Waals surface area (Å²) in [6, 6.07) is 7.52. The minimum atomic E-state index is -0.154. The normalized spacial score (nSPS) is 23.3. The molecule has 0 bridgehead atoms. The van der Waals surface area contributed by atoms with Crippen LogP contribution in [0.2, 0.25) is 5.02 Å². The summed E-state index contributed by atoms with van der Waals surface area (Å²) in [5.41, 5.74) is 6.83. The molecule has 2 rings (SSSR count). The van der Waals surface area contributed by atoms with Gasteiger partial charge in [-0.1, -0.05) is 30.7 Å². The number of benzene rings is 1. The number of rotatable bonds is 3. The molecular formula is C15H22Cl2N2O. The predicted molar refractivity (Wildman–Crippen MR) is 85.5 cm³/mol. The Bertz CT molecular complexity index is 481. The molecule has 2 unspecified atom stereocenters. The highest BCUT2D eigenvalue weighted by Gasteiger charge is 2.36. The molecule has 1 aliphatic heterocycles. The molecule has 5 heteroatoms. The number of nitrogens with zero attached hydrogens (tertiary/aromatic N) is 1. The highest BCUT2D eigenvalue weighted by molar-refractivity contribution is 6.30. The van der Waals surface area contributed by atoms with Gasteiger partial charge in [-0.2, -0.15) is 0 Å². The monoisotopic (exact) mass is 316 g/mol. The summed E-state index contributed by atoms with van der Waals surface area (Å²) in [6.45, 7) is 6.27. The number of halogens is 2. The number of carbonyl (C=O) groups excluding carboxylic acids is 1. The first kappa shape index (κ1) is 17.3. The van der Waals surface area contributed by atoms with Crippen LogP contribution in [0, 0.1) is 5.41 Å². The summed E-state index contributed by atoms with van der Waals surface area (Å²) in [7, 11) is 0. The van der Waals surface area contributed by atoms with E-state index in [0.717, 1.165) is 25.1 Å². The standard InChI is InChI=1S/C15H21ClN2O.ClH/c1-11(12-4-3-5-13(16)8-12)14(19)18-7-6-15(2,9-17)10-18;/h3-5,8,11H,6-7,9-10,17H2,1-2H3;1H. The summed E-state index contributed by atoms with van der Waals surface area (Å²) in [4.78, 5) is 14.4. The zero-order chi connectivity index (χ0) is 14.0. The molecule has 1 aromatic carbocycles. The highest BCUT2D eigenvalue weighted by atomic mass is 35.5. The summed E-state index contributed by atoms with van der Waals surface area (Å²) in [5.74, 6) is 0.0123. The van der Waals surface area contributed by atoms with Crippen molar-refractivity contribution in [1.29, 1.82) is 0 Å². The van der Waals surface area contributed by atoms with E-state index in [0.29, 0.717) is 11.6 Å². The van der Waals surface area contributed by atoms with Gasteiger partial charge in [0.15, 0.2) is 0 Å². The second kappa shape index (κ2) is 6.79. The Labute approximate surface area is 131 Å². The molecule has 0 aliphatic carbocycles. The molecule has 1 fully saturated rings. The van der Waals surface area contributed by atoms with Crippen LogP contribution in [0.15, 0.2) is 24.3 Å². The third kappa shape index (κ3) is 3.66. The minimum absolute atomic E-state index is 0. The van der Waals surface area contributed by atoms with Crippen molar-refractivity contribution in [3.05, 3.63) is 34.9 Å². The maximum atomic E-state index is 12.5. The lowest BCUT2D eigenvalue weighted by molar-refractivity contribution is -0.131. The fourth-order valence-corrected chi connectivity index (χ4v) is 2.77. The topological polar surface area (TPSA) is 46.3 Å². The van der Waals surface area contributed by atoms with Crippen LogP contribution >= 0.6 is 24.0 Å². The summed E-state index contributed by atoms with van der Waals surface area (Å²) in [6.07, 6.45) is 0.984. The van der Waals surface area contributed by atoms with Gasteiger partial charge in [0.25, 0.3) is 0 Å². The quantitative estimate of drug-likeness (QED) is 0.931. The molecule has 1 amide bonds. The Morgan fingerprint density at radius 2 is 2.25 bits per heavy atom. The molecule has 3 nitrogen and oxygen atoms in total. The zero-order valence-corrected chi connectivity index (χ0v) is 13.5. The van der Waals surface area contributed by atoms with Crippen LogP contribution in [0.5, 0.6) is 0 Å². The molecule has 0 saturated carbocycles. The Kier molecular flexibility index (Phi) is 5.87. The van der Waals surface area contributed by atoms with Gasteiger partial charge >= 0.3 is 0 Å². The van der Waals surface area contributed by atoms with Gasteiger partial charge in [-0.25, -0.2) is 0 Å². The molecule has 0 spiro atoms. The van der Waals surface area contributed by atoms with Gasteiger partial charge in [-0.05, 0) is 43.0 Å². The number of amides is 1. The second-order valence-electron chi connectivity index (χ2n) is 5.80. The molecule has 2 N–H and O–H groups in total. The van der Waals surface area contributed by atoms with E-state index in [-0.39, 0.29) is 29.6 Å². The first-order valence-corrected chi connectivity index (χ1v) is 7.07. The van der Waals surface area contributed by atoms with Crippen molar-refractivity contribution < 1.29 is 4.79 Å². The number of carbonyl (C=O) groups is 1. The lowest BCUT2D eigenvalue weighted by Crippen LogP contribution is -2.36. The van der Waals surface area contributed by atoms with Crippen molar-refractivity contribution in [1.82, 2.24) is 4.90 Å². The van der Waals surface area contributed by atoms with Crippen LogP contribution in [0.25, 0.3) is 0 Å². The fraction of sp³-hybridized carbons (Fsp3) is 0.533. The molecule has 1 heterocycles.